The van der Waals surface area contributed by atoms with E-state index in [-0.39, 0.29) is 31.0 Å². The lowest BCUT2D eigenvalue weighted by molar-refractivity contribution is -0.128. The molecule has 2 aliphatic rings. The zero-order valence-electron chi connectivity index (χ0n) is 17.6. The Morgan fingerprint density at radius 2 is 2.00 bits per heavy atom. The van der Waals surface area contributed by atoms with Crippen molar-refractivity contribution in [3.8, 4) is 0 Å². The summed E-state index contributed by atoms with van der Waals surface area (Å²) in [6.45, 7) is 7.20. The van der Waals surface area contributed by atoms with E-state index in [9.17, 15) is 14.4 Å². The van der Waals surface area contributed by atoms with E-state index in [4.69, 9.17) is 5.11 Å². The molecule has 0 saturated heterocycles. The van der Waals surface area contributed by atoms with Crippen LogP contribution in [0.15, 0.2) is 12.2 Å². The fraction of sp³-hybridized carbons (Fsp3) is 0.750. The average molecular weight is 400 g/mol. The van der Waals surface area contributed by atoms with Crippen LogP contribution >= 0.6 is 0 Å². The Hall–Kier alpha value is -2.09. The summed E-state index contributed by atoms with van der Waals surface area (Å²) in [6, 6.07) is -0.755. The highest BCUT2D eigenvalue weighted by atomic mass is 16.5. The van der Waals surface area contributed by atoms with E-state index in [0.29, 0.717) is 25.5 Å². The fourth-order valence-corrected chi connectivity index (χ4v) is 2.59. The zero-order chi connectivity index (χ0) is 21.4. The third-order valence-corrected chi connectivity index (χ3v) is 4.28. The van der Waals surface area contributed by atoms with Gasteiger partial charge in [0.25, 0.3) is 6.47 Å². The van der Waals surface area contributed by atoms with E-state index < -0.39 is 6.04 Å². The van der Waals surface area contributed by atoms with Crippen LogP contribution in [0.25, 0.3) is 0 Å². The minimum absolute atomic E-state index is 0.129. The lowest BCUT2D eigenvalue weighted by Crippen LogP contribution is -2.51. The van der Waals surface area contributed by atoms with Crippen LogP contribution in [0.1, 0.15) is 52.9 Å². The van der Waals surface area contributed by atoms with Gasteiger partial charge in [0.15, 0.2) is 0 Å². The van der Waals surface area contributed by atoms with Gasteiger partial charge in [-0.25, -0.2) is 4.79 Å². The lowest BCUT2D eigenvalue weighted by atomic mass is 10.2. The van der Waals surface area contributed by atoms with Crippen LogP contribution in [0.2, 0.25) is 0 Å². The first-order valence-electron chi connectivity index (χ1n) is 10.2. The quantitative estimate of drug-likeness (QED) is 0.494. The molecule has 1 aliphatic carbocycles. The Kier molecular flexibility index (Phi) is 14.7. The molecule has 1 fully saturated rings. The number of ether oxygens (including phenoxy) is 1. The SMILES string of the molecule is CC.CCOC=O.CN1CCCC/C=C\[C@@H]2CC2NC(=O)C(CCO)NC1=O. The van der Waals surface area contributed by atoms with Crippen LogP contribution in [-0.4, -0.2) is 67.3 Å². The smallest absolute Gasteiger partial charge is 0.317 e. The van der Waals surface area contributed by atoms with Crippen molar-refractivity contribution in [1.29, 1.82) is 0 Å². The molecule has 2 unspecified atom stereocenters. The van der Waals surface area contributed by atoms with Gasteiger partial charge in [0.1, 0.15) is 6.04 Å². The molecule has 3 atom stereocenters. The number of allylic oxidation sites excluding steroid dienone is 1. The van der Waals surface area contributed by atoms with Crippen molar-refractivity contribution >= 4 is 18.4 Å². The summed E-state index contributed by atoms with van der Waals surface area (Å²) in [5.74, 6) is 0.216. The van der Waals surface area contributed by atoms with E-state index >= 15 is 0 Å². The van der Waals surface area contributed by atoms with Gasteiger partial charge in [-0.3, -0.25) is 9.59 Å². The Morgan fingerprint density at radius 1 is 1.29 bits per heavy atom. The number of nitrogens with one attached hydrogen (secondary N) is 2. The van der Waals surface area contributed by atoms with Gasteiger partial charge < -0.3 is 25.4 Å². The molecule has 3 N–H and O–H groups in total. The van der Waals surface area contributed by atoms with E-state index in [2.05, 4.69) is 27.5 Å². The Balaban J connectivity index is 0.000000906. The van der Waals surface area contributed by atoms with Gasteiger partial charge in [-0.15, -0.1) is 0 Å². The minimum atomic E-state index is -0.668. The average Bonchev–Trinajstić information content (AvgIpc) is 3.43. The molecule has 8 nitrogen and oxygen atoms in total. The topological polar surface area (TPSA) is 108 Å². The van der Waals surface area contributed by atoms with Crippen molar-refractivity contribution in [2.45, 2.75) is 65.0 Å². The molecule has 162 valence electrons. The number of amides is 3. The summed E-state index contributed by atoms with van der Waals surface area (Å²) in [5.41, 5.74) is 0. The second-order valence-corrected chi connectivity index (χ2v) is 6.43. The van der Waals surface area contributed by atoms with Crippen LogP contribution in [-0.2, 0) is 14.3 Å². The second-order valence-electron chi connectivity index (χ2n) is 6.43. The van der Waals surface area contributed by atoms with Gasteiger partial charge in [0.05, 0.1) is 6.61 Å². The van der Waals surface area contributed by atoms with E-state index in [1.165, 1.54) is 0 Å². The highest BCUT2D eigenvalue weighted by Crippen LogP contribution is 2.32. The third kappa shape index (κ3) is 10.9. The number of rotatable bonds is 4. The highest BCUT2D eigenvalue weighted by molar-refractivity contribution is 5.87. The maximum Gasteiger partial charge on any atom is 0.317 e. The fourth-order valence-electron chi connectivity index (χ4n) is 2.59. The Labute approximate surface area is 168 Å². The van der Waals surface area contributed by atoms with Gasteiger partial charge in [-0.05, 0) is 44.9 Å². The monoisotopic (exact) mass is 399 g/mol. The normalized spacial score (nSPS) is 25.8. The molecule has 1 heterocycles. The van der Waals surface area contributed by atoms with Gasteiger partial charge in [0.2, 0.25) is 5.91 Å². The molecular weight excluding hydrogens is 362 g/mol. The first-order chi connectivity index (χ1) is 13.5. The number of fused-ring (bicyclic) bond motifs is 1. The molecule has 1 aliphatic heterocycles. The number of carbonyl (C=O) groups is 3. The molecule has 0 aromatic heterocycles. The Morgan fingerprint density at radius 3 is 2.57 bits per heavy atom. The van der Waals surface area contributed by atoms with E-state index in [1.54, 1.807) is 18.9 Å². The number of hydrogen-bond donors (Lipinski definition) is 3. The molecular formula is C20H37N3O5. The number of carbonyl (C=O) groups excluding carboxylic acids is 3. The first-order valence-corrected chi connectivity index (χ1v) is 10.2. The van der Waals surface area contributed by atoms with Gasteiger partial charge >= 0.3 is 6.03 Å². The number of aliphatic hydroxyl groups is 1. The van der Waals surface area contributed by atoms with Gasteiger partial charge in [-0.2, -0.15) is 0 Å². The first kappa shape index (κ1) is 25.9. The Bertz CT molecular complexity index is 484. The van der Waals surface area contributed by atoms with Crippen molar-refractivity contribution < 1.29 is 24.2 Å². The van der Waals surface area contributed by atoms with Gasteiger partial charge in [-0.1, -0.05) is 26.0 Å². The van der Waals surface area contributed by atoms with Crippen molar-refractivity contribution in [3.05, 3.63) is 12.2 Å². The molecule has 0 aromatic rings. The van der Waals surface area contributed by atoms with Crippen LogP contribution < -0.4 is 10.6 Å². The summed E-state index contributed by atoms with van der Waals surface area (Å²) < 4.78 is 4.15. The summed E-state index contributed by atoms with van der Waals surface area (Å²) in [6.07, 6.45) is 8.56. The number of aliphatic hydroxyl groups excluding tert-OH is 1. The molecule has 8 heteroatoms. The summed E-state index contributed by atoms with van der Waals surface area (Å²) in [7, 11) is 1.72. The van der Waals surface area contributed by atoms with Crippen LogP contribution in [0.4, 0.5) is 4.79 Å². The molecule has 2 rings (SSSR count). The number of hydrogen-bond acceptors (Lipinski definition) is 5. The maximum atomic E-state index is 12.2. The maximum absolute atomic E-state index is 12.2. The lowest BCUT2D eigenvalue weighted by Gasteiger charge is -2.23. The predicted octanol–water partition coefficient (Wildman–Crippen LogP) is 1.83. The second kappa shape index (κ2) is 15.9. The molecule has 0 aromatic carbocycles. The largest absolute Gasteiger partial charge is 0.468 e. The van der Waals surface area contributed by atoms with Crippen LogP contribution in [0.5, 0.6) is 0 Å². The van der Waals surface area contributed by atoms with Gasteiger partial charge in [0, 0.05) is 26.2 Å². The number of urea groups is 1. The molecule has 0 radical (unpaired) electrons. The molecule has 3 amide bonds. The van der Waals surface area contributed by atoms with E-state index in [1.807, 2.05) is 13.8 Å². The van der Waals surface area contributed by atoms with Crippen molar-refractivity contribution in [2.24, 2.45) is 5.92 Å². The zero-order valence-corrected chi connectivity index (χ0v) is 17.6. The predicted molar refractivity (Wildman–Crippen MR) is 109 cm³/mol. The van der Waals surface area contributed by atoms with Crippen molar-refractivity contribution in [1.82, 2.24) is 15.5 Å². The highest BCUT2D eigenvalue weighted by Gasteiger charge is 2.37. The summed E-state index contributed by atoms with van der Waals surface area (Å²) in [5, 5.41) is 14.7. The molecule has 0 bridgehead atoms. The molecule has 1 saturated carbocycles. The summed E-state index contributed by atoms with van der Waals surface area (Å²) >= 11 is 0. The summed E-state index contributed by atoms with van der Waals surface area (Å²) in [4.78, 5) is 35.0. The minimum Gasteiger partial charge on any atom is -0.468 e. The molecule has 28 heavy (non-hydrogen) atoms. The van der Waals surface area contributed by atoms with E-state index in [0.717, 1.165) is 25.7 Å². The van der Waals surface area contributed by atoms with Crippen molar-refractivity contribution in [2.75, 3.05) is 26.8 Å². The molecule has 0 spiro atoms. The standard InChI is InChI=1S/C15H25N3O3.C3H6O2.C2H6/c1-18-8-5-3-2-4-6-11-10-13(11)16-14(20)12(7-9-19)17-15(18)21;1-2-5-3-4;1-2/h4,6,11-13,19H,2-3,5,7-10H2,1H3,(H,16,20)(H,17,21);3H,2H2,1H3;1-2H3/b6-4-;;/t11-,12?,13?;;/m1../s1. The third-order valence-electron chi connectivity index (χ3n) is 4.28. The van der Waals surface area contributed by atoms with Crippen LogP contribution in [0.3, 0.4) is 0 Å². The van der Waals surface area contributed by atoms with Crippen molar-refractivity contribution in [3.63, 3.8) is 0 Å². The number of nitrogens with zero attached hydrogens (tertiary/aromatic N) is 1. The van der Waals surface area contributed by atoms with Crippen LogP contribution in [0, 0.1) is 5.92 Å².